The molecular formula is C17H29N5O8. The number of aliphatic hydroxyl groups excluding tert-OH is 2. The van der Waals surface area contributed by atoms with Crippen LogP contribution in [0.5, 0.6) is 0 Å². The fraction of sp³-hybridized carbons (Fsp3) is 0.706. The standard InChI is InChI=1S/C17H29N5O8/c1-8(24)13(17(29)30)21-15(27)11-3-2-6-22(11)16(28)10(4-5-12(19)25)20-14(26)9(18)7-23/h8-11,13,23-24H,2-7,18H2,1H3,(H2,19,25)(H,20,26)(H,21,27)(H,29,30). The molecule has 170 valence electrons. The van der Waals surface area contributed by atoms with Gasteiger partial charge in [0, 0.05) is 13.0 Å². The van der Waals surface area contributed by atoms with Crippen LogP contribution in [-0.4, -0.2) is 93.2 Å². The highest BCUT2D eigenvalue weighted by atomic mass is 16.4. The van der Waals surface area contributed by atoms with Crippen LogP contribution in [0, 0.1) is 0 Å². The molecule has 0 bridgehead atoms. The topological polar surface area (TPSA) is 225 Å². The summed E-state index contributed by atoms with van der Waals surface area (Å²) in [6.07, 6.45) is -1.04. The second-order valence-corrected chi connectivity index (χ2v) is 7.11. The molecule has 0 radical (unpaired) electrons. The van der Waals surface area contributed by atoms with Crippen LogP contribution in [0.1, 0.15) is 32.6 Å². The van der Waals surface area contributed by atoms with Gasteiger partial charge in [-0.05, 0) is 26.2 Å². The Labute approximate surface area is 172 Å². The fourth-order valence-electron chi connectivity index (χ4n) is 3.05. The van der Waals surface area contributed by atoms with Gasteiger partial charge in [-0.3, -0.25) is 19.2 Å². The van der Waals surface area contributed by atoms with Crippen molar-refractivity contribution in [2.75, 3.05) is 13.2 Å². The summed E-state index contributed by atoms with van der Waals surface area (Å²) in [4.78, 5) is 61.0. The number of nitrogens with one attached hydrogen (secondary N) is 2. The van der Waals surface area contributed by atoms with Gasteiger partial charge in [0.1, 0.15) is 18.1 Å². The average Bonchev–Trinajstić information content (AvgIpc) is 3.16. The van der Waals surface area contributed by atoms with Crippen molar-refractivity contribution in [3.8, 4) is 0 Å². The van der Waals surface area contributed by atoms with Crippen molar-refractivity contribution in [2.24, 2.45) is 11.5 Å². The number of carbonyl (C=O) groups excluding carboxylic acids is 4. The first-order valence-corrected chi connectivity index (χ1v) is 9.46. The number of aliphatic carboxylic acids is 1. The zero-order valence-electron chi connectivity index (χ0n) is 16.6. The Morgan fingerprint density at radius 3 is 2.33 bits per heavy atom. The van der Waals surface area contributed by atoms with Gasteiger partial charge < -0.3 is 42.3 Å². The summed E-state index contributed by atoms with van der Waals surface area (Å²) < 4.78 is 0. The molecule has 5 unspecified atom stereocenters. The molecule has 1 aliphatic heterocycles. The largest absolute Gasteiger partial charge is 0.480 e. The van der Waals surface area contributed by atoms with Crippen molar-refractivity contribution in [1.29, 1.82) is 0 Å². The molecule has 0 spiro atoms. The second-order valence-electron chi connectivity index (χ2n) is 7.11. The maximum Gasteiger partial charge on any atom is 0.328 e. The minimum absolute atomic E-state index is 0.145. The number of nitrogens with zero attached hydrogens (tertiary/aromatic N) is 1. The van der Waals surface area contributed by atoms with Crippen molar-refractivity contribution >= 4 is 29.6 Å². The fourth-order valence-corrected chi connectivity index (χ4v) is 3.05. The van der Waals surface area contributed by atoms with E-state index in [0.717, 1.165) is 0 Å². The normalized spacial score (nSPS) is 20.0. The zero-order valence-corrected chi connectivity index (χ0v) is 16.6. The first-order valence-electron chi connectivity index (χ1n) is 9.46. The lowest BCUT2D eigenvalue weighted by Crippen LogP contribution is -2.58. The molecule has 0 aromatic carbocycles. The van der Waals surface area contributed by atoms with Gasteiger partial charge in [0.15, 0.2) is 6.04 Å². The molecule has 9 N–H and O–H groups in total. The second kappa shape index (κ2) is 11.4. The Kier molecular flexibility index (Phi) is 9.62. The number of carboxylic acids is 1. The molecule has 5 atom stereocenters. The van der Waals surface area contributed by atoms with Crippen molar-refractivity contribution in [3.63, 3.8) is 0 Å². The SMILES string of the molecule is CC(O)C(NC(=O)C1CCCN1C(=O)C(CCC(N)=O)NC(=O)C(N)CO)C(=O)O. The molecule has 1 saturated heterocycles. The number of nitrogens with two attached hydrogens (primary N) is 2. The molecule has 30 heavy (non-hydrogen) atoms. The van der Waals surface area contributed by atoms with Crippen molar-refractivity contribution in [2.45, 2.75) is 62.9 Å². The van der Waals surface area contributed by atoms with Crippen LogP contribution in [0.25, 0.3) is 0 Å². The predicted octanol–water partition coefficient (Wildman–Crippen LogP) is -4.00. The molecule has 1 aliphatic rings. The lowest BCUT2D eigenvalue weighted by atomic mass is 10.1. The Hall–Kier alpha value is -2.77. The summed E-state index contributed by atoms with van der Waals surface area (Å²) in [7, 11) is 0. The molecule has 0 aromatic rings. The number of carboxylic acid groups (broad SMARTS) is 1. The van der Waals surface area contributed by atoms with Crippen molar-refractivity contribution in [3.05, 3.63) is 0 Å². The third-order valence-corrected chi connectivity index (χ3v) is 4.71. The van der Waals surface area contributed by atoms with Crippen LogP contribution < -0.4 is 22.1 Å². The Balaban J connectivity index is 2.97. The van der Waals surface area contributed by atoms with Gasteiger partial charge in [0.25, 0.3) is 0 Å². The third kappa shape index (κ3) is 6.93. The summed E-state index contributed by atoms with van der Waals surface area (Å²) in [6, 6.07) is -5.07. The monoisotopic (exact) mass is 431 g/mol. The minimum Gasteiger partial charge on any atom is -0.480 e. The number of rotatable bonds is 11. The number of aliphatic hydroxyl groups is 2. The van der Waals surface area contributed by atoms with Crippen LogP contribution >= 0.6 is 0 Å². The maximum atomic E-state index is 13.0. The smallest absolute Gasteiger partial charge is 0.328 e. The number of carbonyl (C=O) groups is 5. The van der Waals surface area contributed by atoms with Crippen molar-refractivity contribution in [1.82, 2.24) is 15.5 Å². The van der Waals surface area contributed by atoms with Crippen molar-refractivity contribution < 1.29 is 39.3 Å². The lowest BCUT2D eigenvalue weighted by Gasteiger charge is -2.30. The third-order valence-electron chi connectivity index (χ3n) is 4.71. The van der Waals surface area contributed by atoms with E-state index in [0.29, 0.717) is 6.42 Å². The average molecular weight is 431 g/mol. The van der Waals surface area contributed by atoms with Crippen LogP contribution in [0.3, 0.4) is 0 Å². The van der Waals surface area contributed by atoms with E-state index in [1.165, 1.54) is 11.8 Å². The first kappa shape index (κ1) is 25.3. The van der Waals surface area contributed by atoms with Crippen LogP contribution in [-0.2, 0) is 24.0 Å². The van der Waals surface area contributed by atoms with Gasteiger partial charge in [-0.15, -0.1) is 0 Å². The summed E-state index contributed by atoms with van der Waals surface area (Å²) in [6.45, 7) is 0.710. The van der Waals surface area contributed by atoms with Crippen LogP contribution in [0.15, 0.2) is 0 Å². The Morgan fingerprint density at radius 1 is 1.20 bits per heavy atom. The zero-order chi connectivity index (χ0) is 23.0. The van der Waals surface area contributed by atoms with E-state index in [1.807, 2.05) is 0 Å². The predicted molar refractivity (Wildman–Crippen MR) is 101 cm³/mol. The van der Waals surface area contributed by atoms with E-state index in [4.69, 9.17) is 21.7 Å². The molecule has 13 heteroatoms. The number of hydrogen-bond donors (Lipinski definition) is 7. The molecule has 0 saturated carbocycles. The summed E-state index contributed by atoms with van der Waals surface area (Å²) in [5.41, 5.74) is 10.6. The number of likely N-dealkylation sites (tertiary alicyclic amines) is 1. The van der Waals surface area contributed by atoms with Gasteiger partial charge >= 0.3 is 5.97 Å². The quantitative estimate of drug-likeness (QED) is 0.169. The molecule has 4 amide bonds. The van der Waals surface area contributed by atoms with Gasteiger partial charge in [-0.25, -0.2) is 4.79 Å². The van der Waals surface area contributed by atoms with E-state index in [1.54, 1.807) is 0 Å². The molecule has 1 fully saturated rings. The van der Waals surface area contributed by atoms with E-state index in [-0.39, 0.29) is 25.8 Å². The highest BCUT2D eigenvalue weighted by Gasteiger charge is 2.39. The molecule has 13 nitrogen and oxygen atoms in total. The number of amides is 4. The molecule has 1 rings (SSSR count). The number of primary amides is 1. The number of hydrogen-bond acceptors (Lipinski definition) is 8. The van der Waals surface area contributed by atoms with Gasteiger partial charge in [0.2, 0.25) is 23.6 Å². The van der Waals surface area contributed by atoms with E-state index >= 15 is 0 Å². The van der Waals surface area contributed by atoms with Gasteiger partial charge in [-0.2, -0.15) is 0 Å². The van der Waals surface area contributed by atoms with Crippen LogP contribution in [0.4, 0.5) is 0 Å². The summed E-state index contributed by atoms with van der Waals surface area (Å²) in [5, 5.41) is 32.2. The van der Waals surface area contributed by atoms with Gasteiger partial charge in [0.05, 0.1) is 12.7 Å². The van der Waals surface area contributed by atoms with Gasteiger partial charge in [-0.1, -0.05) is 0 Å². The minimum atomic E-state index is -1.55. The Morgan fingerprint density at radius 2 is 1.83 bits per heavy atom. The summed E-state index contributed by atoms with van der Waals surface area (Å²) >= 11 is 0. The highest BCUT2D eigenvalue weighted by Crippen LogP contribution is 2.20. The highest BCUT2D eigenvalue weighted by molar-refractivity contribution is 5.94. The van der Waals surface area contributed by atoms with Crippen LogP contribution in [0.2, 0.25) is 0 Å². The van der Waals surface area contributed by atoms with E-state index in [2.05, 4.69) is 10.6 Å². The first-order chi connectivity index (χ1) is 14.0. The molecule has 0 aliphatic carbocycles. The molecule has 1 heterocycles. The summed E-state index contributed by atoms with van der Waals surface area (Å²) in [5.74, 6) is -4.39. The Bertz CT molecular complexity index is 671. The maximum absolute atomic E-state index is 13.0. The molecule has 0 aromatic heterocycles. The van der Waals surface area contributed by atoms with E-state index in [9.17, 15) is 29.1 Å². The lowest BCUT2D eigenvalue weighted by molar-refractivity contribution is -0.147. The van der Waals surface area contributed by atoms with E-state index < -0.39 is 66.5 Å². The molecular weight excluding hydrogens is 402 g/mol.